The van der Waals surface area contributed by atoms with Gasteiger partial charge in [0, 0.05) is 28.9 Å². The molecule has 2 aromatic carbocycles. The van der Waals surface area contributed by atoms with Gasteiger partial charge in [0.25, 0.3) is 5.91 Å². The van der Waals surface area contributed by atoms with Crippen molar-refractivity contribution in [3.8, 4) is 11.1 Å². The molecular weight excluding hydrogens is 354 g/mol. The minimum atomic E-state index is -1.17. The average molecular weight is 371 g/mol. The first-order valence-corrected chi connectivity index (χ1v) is 9.91. The number of nitrogens with one attached hydrogen (secondary N) is 2. The third-order valence-electron chi connectivity index (χ3n) is 3.48. The number of nitrogens with two attached hydrogens (primary N) is 1. The maximum absolute atomic E-state index is 12.5. The summed E-state index contributed by atoms with van der Waals surface area (Å²) in [5.74, 6) is -0.194. The highest BCUT2D eigenvalue weighted by Crippen LogP contribution is 2.30. The highest BCUT2D eigenvalue weighted by atomic mass is 32.2. The molecule has 0 spiro atoms. The standard InChI is InChI=1S/C18H17N3O2S2/c1-25(23)21-14-6-4-5-13(10-14)20-18(22)17-9-12(11-24-17)15-7-2-3-8-16(15)19/h2-11,21H,19H2,1H3,(H,20,22). The van der Waals surface area contributed by atoms with Crippen LogP contribution in [-0.2, 0) is 11.0 Å². The zero-order chi connectivity index (χ0) is 17.8. The average Bonchev–Trinajstić information content (AvgIpc) is 3.05. The van der Waals surface area contributed by atoms with E-state index in [0.717, 1.165) is 11.1 Å². The summed E-state index contributed by atoms with van der Waals surface area (Å²) in [5.41, 5.74) is 9.82. The van der Waals surface area contributed by atoms with E-state index in [0.29, 0.717) is 21.9 Å². The molecule has 0 radical (unpaired) electrons. The van der Waals surface area contributed by atoms with Crippen molar-refractivity contribution in [2.75, 3.05) is 22.0 Å². The molecule has 1 unspecified atom stereocenters. The van der Waals surface area contributed by atoms with Gasteiger partial charge in [-0.2, -0.15) is 0 Å². The Kier molecular flexibility index (Phi) is 5.16. The van der Waals surface area contributed by atoms with Crippen LogP contribution in [0.25, 0.3) is 11.1 Å². The van der Waals surface area contributed by atoms with E-state index in [9.17, 15) is 9.00 Å². The number of anilines is 3. The summed E-state index contributed by atoms with van der Waals surface area (Å²) in [4.78, 5) is 13.1. The summed E-state index contributed by atoms with van der Waals surface area (Å²) < 4.78 is 14.0. The predicted molar refractivity (Wildman–Crippen MR) is 106 cm³/mol. The van der Waals surface area contributed by atoms with Crippen LogP contribution < -0.4 is 15.8 Å². The minimum absolute atomic E-state index is 0.194. The number of hydrogen-bond donors (Lipinski definition) is 3. The Morgan fingerprint density at radius 1 is 1.08 bits per heavy atom. The molecule has 4 N–H and O–H groups in total. The van der Waals surface area contributed by atoms with Crippen molar-refractivity contribution in [2.45, 2.75) is 0 Å². The van der Waals surface area contributed by atoms with Gasteiger partial charge in [0.05, 0.1) is 4.88 Å². The molecule has 0 aliphatic heterocycles. The lowest BCUT2D eigenvalue weighted by Crippen LogP contribution is -2.10. The van der Waals surface area contributed by atoms with Crippen molar-refractivity contribution in [1.29, 1.82) is 0 Å². The zero-order valence-corrected chi connectivity index (χ0v) is 15.1. The predicted octanol–water partition coefficient (Wildman–Crippen LogP) is 3.96. The monoisotopic (exact) mass is 371 g/mol. The summed E-state index contributed by atoms with van der Waals surface area (Å²) in [7, 11) is -1.17. The van der Waals surface area contributed by atoms with Gasteiger partial charge in [0.1, 0.15) is 11.0 Å². The molecule has 7 heteroatoms. The van der Waals surface area contributed by atoms with Crippen LogP contribution in [0.4, 0.5) is 17.1 Å². The van der Waals surface area contributed by atoms with Gasteiger partial charge in [-0.05, 0) is 41.3 Å². The van der Waals surface area contributed by atoms with Crippen molar-refractivity contribution in [2.24, 2.45) is 0 Å². The van der Waals surface area contributed by atoms with Crippen LogP contribution in [0.2, 0.25) is 0 Å². The largest absolute Gasteiger partial charge is 0.398 e. The van der Waals surface area contributed by atoms with Crippen molar-refractivity contribution in [3.63, 3.8) is 0 Å². The second-order valence-electron chi connectivity index (χ2n) is 5.38. The normalized spacial score (nSPS) is 11.7. The fraction of sp³-hybridized carbons (Fsp3) is 0.0556. The van der Waals surface area contributed by atoms with Crippen molar-refractivity contribution < 1.29 is 9.00 Å². The molecule has 0 fully saturated rings. The fourth-order valence-corrected chi connectivity index (χ4v) is 3.64. The van der Waals surface area contributed by atoms with E-state index in [1.165, 1.54) is 11.3 Å². The molecule has 1 heterocycles. The van der Waals surface area contributed by atoms with Gasteiger partial charge in [-0.1, -0.05) is 24.3 Å². The van der Waals surface area contributed by atoms with Gasteiger partial charge in [-0.15, -0.1) is 11.3 Å². The third kappa shape index (κ3) is 4.26. The highest BCUT2D eigenvalue weighted by molar-refractivity contribution is 7.85. The van der Waals surface area contributed by atoms with Crippen LogP contribution in [0.1, 0.15) is 9.67 Å². The van der Waals surface area contributed by atoms with Gasteiger partial charge >= 0.3 is 0 Å². The SMILES string of the molecule is CS(=O)Nc1cccc(NC(=O)c2cc(-c3ccccc3N)cs2)c1. The molecule has 1 atom stereocenters. The maximum atomic E-state index is 12.5. The van der Waals surface area contributed by atoms with Gasteiger partial charge in [-0.25, -0.2) is 4.21 Å². The van der Waals surface area contributed by atoms with Crippen LogP contribution in [0.5, 0.6) is 0 Å². The van der Waals surface area contributed by atoms with Gasteiger partial charge < -0.3 is 15.8 Å². The number of nitrogen functional groups attached to an aromatic ring is 1. The molecule has 0 aliphatic rings. The third-order valence-corrected chi connectivity index (χ3v) is 4.93. The van der Waals surface area contributed by atoms with E-state index < -0.39 is 11.0 Å². The van der Waals surface area contributed by atoms with Crippen LogP contribution >= 0.6 is 11.3 Å². The topological polar surface area (TPSA) is 84.2 Å². The number of carbonyl (C=O) groups is 1. The molecule has 0 aliphatic carbocycles. The molecule has 0 saturated heterocycles. The Balaban J connectivity index is 1.76. The van der Waals surface area contributed by atoms with Gasteiger partial charge in [0.15, 0.2) is 0 Å². The molecule has 1 amide bonds. The Morgan fingerprint density at radius 2 is 1.84 bits per heavy atom. The minimum Gasteiger partial charge on any atom is -0.398 e. The quantitative estimate of drug-likeness (QED) is 0.594. The zero-order valence-electron chi connectivity index (χ0n) is 13.5. The van der Waals surface area contributed by atoms with Crippen LogP contribution in [-0.4, -0.2) is 16.4 Å². The van der Waals surface area contributed by atoms with Crippen LogP contribution in [0.15, 0.2) is 60.0 Å². The van der Waals surface area contributed by atoms with Crippen LogP contribution in [0.3, 0.4) is 0 Å². The summed E-state index contributed by atoms with van der Waals surface area (Å²) in [6.07, 6.45) is 1.55. The summed E-state index contributed by atoms with van der Waals surface area (Å²) in [6, 6.07) is 16.5. The molecule has 128 valence electrons. The first kappa shape index (κ1) is 17.2. The summed E-state index contributed by atoms with van der Waals surface area (Å²) in [6.45, 7) is 0. The molecule has 0 saturated carbocycles. The van der Waals surface area contributed by atoms with E-state index in [1.807, 2.05) is 35.7 Å². The Labute approximate surface area is 152 Å². The highest BCUT2D eigenvalue weighted by Gasteiger charge is 2.12. The molecular formula is C18H17N3O2S2. The first-order valence-electron chi connectivity index (χ1n) is 7.48. The number of amides is 1. The van der Waals surface area contributed by atoms with Crippen molar-refractivity contribution in [3.05, 3.63) is 64.9 Å². The molecule has 3 rings (SSSR count). The number of rotatable bonds is 5. The molecule has 3 aromatic rings. The number of para-hydroxylation sites is 1. The molecule has 25 heavy (non-hydrogen) atoms. The maximum Gasteiger partial charge on any atom is 0.265 e. The Morgan fingerprint density at radius 3 is 2.60 bits per heavy atom. The number of benzene rings is 2. The lowest BCUT2D eigenvalue weighted by atomic mass is 10.1. The molecule has 1 aromatic heterocycles. The van der Waals surface area contributed by atoms with E-state index in [4.69, 9.17) is 5.73 Å². The number of hydrogen-bond acceptors (Lipinski definition) is 4. The van der Waals surface area contributed by atoms with E-state index in [-0.39, 0.29) is 5.91 Å². The molecule has 0 bridgehead atoms. The second-order valence-corrected chi connectivity index (χ2v) is 7.40. The second kappa shape index (κ2) is 7.50. The summed E-state index contributed by atoms with van der Waals surface area (Å²) in [5, 5.41) is 4.77. The Bertz CT molecular complexity index is 937. The lowest BCUT2D eigenvalue weighted by Gasteiger charge is -2.07. The lowest BCUT2D eigenvalue weighted by molar-refractivity contribution is 0.103. The van der Waals surface area contributed by atoms with E-state index >= 15 is 0 Å². The van der Waals surface area contributed by atoms with Crippen molar-refractivity contribution >= 4 is 45.3 Å². The summed E-state index contributed by atoms with van der Waals surface area (Å²) >= 11 is 1.36. The van der Waals surface area contributed by atoms with E-state index in [2.05, 4.69) is 10.0 Å². The van der Waals surface area contributed by atoms with Crippen LogP contribution in [0, 0.1) is 0 Å². The number of carbonyl (C=O) groups excluding carboxylic acids is 1. The first-order chi connectivity index (χ1) is 12.0. The van der Waals surface area contributed by atoms with E-state index in [1.54, 1.807) is 30.5 Å². The fourth-order valence-electron chi connectivity index (χ4n) is 2.38. The van der Waals surface area contributed by atoms with Gasteiger partial charge in [0.2, 0.25) is 0 Å². The smallest absolute Gasteiger partial charge is 0.265 e. The van der Waals surface area contributed by atoms with Crippen molar-refractivity contribution in [1.82, 2.24) is 0 Å². The van der Waals surface area contributed by atoms with Gasteiger partial charge in [-0.3, -0.25) is 4.79 Å². The Hall–Kier alpha value is -2.64. The number of thiophene rings is 1. The molecule has 5 nitrogen and oxygen atoms in total.